The molecular formula is C24H19BrN2OS. The summed E-state index contributed by atoms with van der Waals surface area (Å²) in [6.07, 6.45) is 0.362. The molecule has 144 valence electrons. The van der Waals surface area contributed by atoms with E-state index in [9.17, 15) is 4.79 Å². The van der Waals surface area contributed by atoms with Gasteiger partial charge in [0, 0.05) is 27.8 Å². The lowest BCUT2D eigenvalue weighted by molar-refractivity contribution is -0.116. The molecule has 1 amide bonds. The van der Waals surface area contributed by atoms with E-state index in [2.05, 4.69) is 50.5 Å². The molecule has 3 nitrogen and oxygen atoms in total. The maximum atomic E-state index is 12.8. The summed E-state index contributed by atoms with van der Waals surface area (Å²) >= 11 is 4.88. The molecule has 0 aliphatic carbocycles. The first kappa shape index (κ1) is 19.6. The Balaban J connectivity index is 1.49. The first-order valence-electron chi connectivity index (χ1n) is 9.30. The van der Waals surface area contributed by atoms with E-state index in [1.54, 1.807) is 0 Å². The maximum Gasteiger partial charge on any atom is 0.227 e. The van der Waals surface area contributed by atoms with E-state index < -0.39 is 0 Å². The standard InChI is InChI=1S/C24H19BrN2OS/c25-20-13-11-19(12-14-20)22-16-29-24(26-22)27-23(28)15-21(17-7-3-1-4-8-17)18-9-5-2-6-10-18/h1-14,16,21H,15H2,(H,26,27,28). The van der Waals surface area contributed by atoms with Crippen molar-refractivity contribution in [3.8, 4) is 11.3 Å². The van der Waals surface area contributed by atoms with Crippen LogP contribution < -0.4 is 5.32 Å². The number of nitrogens with zero attached hydrogens (tertiary/aromatic N) is 1. The maximum absolute atomic E-state index is 12.8. The summed E-state index contributed by atoms with van der Waals surface area (Å²) in [5.41, 5.74) is 4.14. The van der Waals surface area contributed by atoms with Gasteiger partial charge in [-0.05, 0) is 23.3 Å². The molecule has 0 atom stereocenters. The third-order valence-corrected chi connectivity index (χ3v) is 5.97. The molecule has 29 heavy (non-hydrogen) atoms. The SMILES string of the molecule is O=C(CC(c1ccccc1)c1ccccc1)Nc1nc(-c2ccc(Br)cc2)cs1. The van der Waals surface area contributed by atoms with Gasteiger partial charge in [-0.15, -0.1) is 11.3 Å². The zero-order valence-corrected chi connectivity index (χ0v) is 18.0. The molecule has 0 saturated heterocycles. The first-order valence-corrected chi connectivity index (χ1v) is 11.0. The fraction of sp³-hybridized carbons (Fsp3) is 0.0833. The Morgan fingerprint density at radius 3 is 2.07 bits per heavy atom. The van der Waals surface area contributed by atoms with Gasteiger partial charge in [-0.1, -0.05) is 88.7 Å². The molecule has 1 aromatic heterocycles. The third kappa shape index (κ3) is 5.00. The molecule has 1 heterocycles. The van der Waals surface area contributed by atoms with Gasteiger partial charge in [-0.25, -0.2) is 4.98 Å². The normalized spacial score (nSPS) is 10.8. The summed E-state index contributed by atoms with van der Waals surface area (Å²) in [5.74, 6) is -0.0391. The molecule has 0 aliphatic heterocycles. The Morgan fingerprint density at radius 1 is 0.897 bits per heavy atom. The number of carbonyl (C=O) groups excluding carboxylic acids is 1. The highest BCUT2D eigenvalue weighted by Crippen LogP contribution is 2.30. The zero-order chi connectivity index (χ0) is 20.1. The Kier molecular flexibility index (Phi) is 6.17. The minimum Gasteiger partial charge on any atom is -0.302 e. The molecule has 3 aromatic carbocycles. The number of aromatic nitrogens is 1. The smallest absolute Gasteiger partial charge is 0.227 e. The van der Waals surface area contributed by atoms with E-state index in [1.807, 2.05) is 66.0 Å². The van der Waals surface area contributed by atoms with Gasteiger partial charge < -0.3 is 5.32 Å². The Bertz CT molecular complexity index is 1040. The van der Waals surface area contributed by atoms with Crippen LogP contribution in [-0.4, -0.2) is 10.9 Å². The second-order valence-electron chi connectivity index (χ2n) is 6.67. The van der Waals surface area contributed by atoms with Crippen LogP contribution in [0.5, 0.6) is 0 Å². The summed E-state index contributed by atoms with van der Waals surface area (Å²) in [7, 11) is 0. The molecule has 0 unspecified atom stereocenters. The van der Waals surface area contributed by atoms with Crippen molar-refractivity contribution in [2.45, 2.75) is 12.3 Å². The predicted molar refractivity (Wildman–Crippen MR) is 123 cm³/mol. The van der Waals surface area contributed by atoms with Crippen LogP contribution in [0.15, 0.2) is 94.8 Å². The number of halogens is 1. The quantitative estimate of drug-likeness (QED) is 0.344. The van der Waals surface area contributed by atoms with Crippen LogP contribution in [0, 0.1) is 0 Å². The molecule has 1 N–H and O–H groups in total. The average Bonchev–Trinajstić information content (AvgIpc) is 3.22. The summed E-state index contributed by atoms with van der Waals surface area (Å²) in [6, 6.07) is 28.3. The molecule has 4 aromatic rings. The van der Waals surface area contributed by atoms with E-state index in [4.69, 9.17) is 0 Å². The molecule has 0 aliphatic rings. The number of thiazole rings is 1. The average molecular weight is 463 g/mol. The lowest BCUT2D eigenvalue weighted by atomic mass is 9.88. The van der Waals surface area contributed by atoms with E-state index in [0.717, 1.165) is 26.9 Å². The molecule has 0 fully saturated rings. The summed E-state index contributed by atoms with van der Waals surface area (Å²) < 4.78 is 1.03. The van der Waals surface area contributed by atoms with Crippen molar-refractivity contribution in [1.29, 1.82) is 0 Å². The van der Waals surface area contributed by atoms with Crippen LogP contribution in [0.2, 0.25) is 0 Å². The Hall–Kier alpha value is -2.76. The van der Waals surface area contributed by atoms with Crippen molar-refractivity contribution in [2.24, 2.45) is 0 Å². The van der Waals surface area contributed by atoms with Crippen LogP contribution >= 0.6 is 27.3 Å². The number of nitrogens with one attached hydrogen (secondary N) is 1. The molecule has 0 radical (unpaired) electrons. The van der Waals surface area contributed by atoms with Gasteiger partial charge >= 0.3 is 0 Å². The van der Waals surface area contributed by atoms with Crippen molar-refractivity contribution >= 4 is 38.3 Å². The van der Waals surface area contributed by atoms with Crippen molar-refractivity contribution < 1.29 is 4.79 Å². The highest BCUT2D eigenvalue weighted by Gasteiger charge is 2.19. The summed E-state index contributed by atoms with van der Waals surface area (Å²) in [5, 5.41) is 5.55. The third-order valence-electron chi connectivity index (χ3n) is 4.68. The van der Waals surface area contributed by atoms with Gasteiger partial charge in [0.05, 0.1) is 5.69 Å². The predicted octanol–water partition coefficient (Wildman–Crippen LogP) is 6.73. The van der Waals surface area contributed by atoms with Gasteiger partial charge in [0.2, 0.25) is 5.91 Å². The highest BCUT2D eigenvalue weighted by molar-refractivity contribution is 9.10. The second kappa shape index (κ2) is 9.16. The van der Waals surface area contributed by atoms with Crippen molar-refractivity contribution in [1.82, 2.24) is 4.98 Å². The second-order valence-corrected chi connectivity index (χ2v) is 8.44. The monoisotopic (exact) mass is 462 g/mol. The number of carbonyl (C=O) groups is 1. The number of hydrogen-bond acceptors (Lipinski definition) is 3. The van der Waals surface area contributed by atoms with E-state index >= 15 is 0 Å². The van der Waals surface area contributed by atoms with Crippen LogP contribution in [0.25, 0.3) is 11.3 Å². The minimum absolute atomic E-state index is 0.00306. The first-order chi connectivity index (χ1) is 14.2. The highest BCUT2D eigenvalue weighted by atomic mass is 79.9. The van der Waals surface area contributed by atoms with E-state index in [1.165, 1.54) is 11.3 Å². The molecule has 0 spiro atoms. The fourth-order valence-electron chi connectivity index (χ4n) is 3.24. The van der Waals surface area contributed by atoms with E-state index in [0.29, 0.717) is 11.6 Å². The van der Waals surface area contributed by atoms with Crippen molar-refractivity contribution in [2.75, 3.05) is 5.32 Å². The van der Waals surface area contributed by atoms with Gasteiger partial charge in [-0.3, -0.25) is 4.79 Å². The number of amides is 1. The van der Waals surface area contributed by atoms with Gasteiger partial charge in [0.1, 0.15) is 0 Å². The molecule has 0 bridgehead atoms. The van der Waals surface area contributed by atoms with Crippen LogP contribution in [0.3, 0.4) is 0 Å². The van der Waals surface area contributed by atoms with Gasteiger partial charge in [0.15, 0.2) is 5.13 Å². The van der Waals surface area contributed by atoms with Crippen molar-refractivity contribution in [3.63, 3.8) is 0 Å². The fourth-order valence-corrected chi connectivity index (χ4v) is 4.24. The zero-order valence-electron chi connectivity index (χ0n) is 15.6. The Morgan fingerprint density at radius 2 is 1.48 bits per heavy atom. The van der Waals surface area contributed by atoms with Gasteiger partial charge in [0.25, 0.3) is 0 Å². The lowest BCUT2D eigenvalue weighted by Gasteiger charge is -2.17. The molecule has 4 rings (SSSR count). The molecule has 0 saturated carbocycles. The summed E-state index contributed by atoms with van der Waals surface area (Å²) in [4.78, 5) is 17.4. The van der Waals surface area contributed by atoms with Crippen LogP contribution in [0.1, 0.15) is 23.5 Å². The molecular weight excluding hydrogens is 444 g/mol. The minimum atomic E-state index is -0.0422. The molecule has 5 heteroatoms. The topological polar surface area (TPSA) is 42.0 Å². The van der Waals surface area contributed by atoms with Crippen LogP contribution in [-0.2, 0) is 4.79 Å². The lowest BCUT2D eigenvalue weighted by Crippen LogP contribution is -2.16. The number of benzene rings is 3. The summed E-state index contributed by atoms with van der Waals surface area (Å²) in [6.45, 7) is 0. The van der Waals surface area contributed by atoms with Crippen LogP contribution in [0.4, 0.5) is 5.13 Å². The van der Waals surface area contributed by atoms with Crippen molar-refractivity contribution in [3.05, 3.63) is 106 Å². The number of anilines is 1. The number of rotatable bonds is 6. The largest absolute Gasteiger partial charge is 0.302 e. The van der Waals surface area contributed by atoms with Gasteiger partial charge in [-0.2, -0.15) is 0 Å². The number of hydrogen-bond donors (Lipinski definition) is 1. The Labute approximate surface area is 182 Å². The van der Waals surface area contributed by atoms with E-state index in [-0.39, 0.29) is 11.8 Å².